The van der Waals surface area contributed by atoms with Gasteiger partial charge in [-0.25, -0.2) is 4.39 Å². The molecule has 0 unspecified atom stereocenters. The number of aryl methyl sites for hydroxylation is 1. The summed E-state index contributed by atoms with van der Waals surface area (Å²) in [4.78, 5) is 10.4. The predicted molar refractivity (Wildman–Crippen MR) is 76.3 cm³/mol. The molecular formula is C15H12FN3O2. The van der Waals surface area contributed by atoms with Crippen molar-refractivity contribution in [3.63, 3.8) is 0 Å². The summed E-state index contributed by atoms with van der Waals surface area (Å²) in [5.74, 6) is -0.563. The molecule has 106 valence electrons. The molecule has 0 radical (unpaired) electrons. The van der Waals surface area contributed by atoms with Crippen LogP contribution in [0, 0.1) is 34.2 Å². The number of benzene rings is 2. The number of nitrogens with zero attached hydrogens (tertiary/aromatic N) is 2. The summed E-state index contributed by atoms with van der Waals surface area (Å²) in [5, 5.41) is 22.7. The molecule has 0 amide bonds. The van der Waals surface area contributed by atoms with Crippen molar-refractivity contribution in [1.29, 1.82) is 5.26 Å². The number of nitro benzene ring substituents is 1. The fraction of sp³-hybridized carbons (Fsp3) is 0.133. The summed E-state index contributed by atoms with van der Waals surface area (Å²) < 4.78 is 13.2. The van der Waals surface area contributed by atoms with Crippen LogP contribution in [0.1, 0.15) is 16.7 Å². The first-order valence-electron chi connectivity index (χ1n) is 6.18. The van der Waals surface area contributed by atoms with Gasteiger partial charge in [-0.2, -0.15) is 5.26 Å². The van der Waals surface area contributed by atoms with Gasteiger partial charge in [0.1, 0.15) is 11.9 Å². The third-order valence-electron chi connectivity index (χ3n) is 3.05. The van der Waals surface area contributed by atoms with Crippen molar-refractivity contribution in [2.24, 2.45) is 0 Å². The second-order valence-corrected chi connectivity index (χ2v) is 4.54. The Kier molecular flexibility index (Phi) is 4.14. The minimum absolute atomic E-state index is 0.0239. The Morgan fingerprint density at radius 3 is 2.76 bits per heavy atom. The Morgan fingerprint density at radius 2 is 2.10 bits per heavy atom. The highest BCUT2D eigenvalue weighted by Crippen LogP contribution is 2.22. The van der Waals surface area contributed by atoms with Gasteiger partial charge in [0.2, 0.25) is 0 Å². The van der Waals surface area contributed by atoms with E-state index in [1.807, 2.05) is 0 Å². The van der Waals surface area contributed by atoms with E-state index in [-0.39, 0.29) is 11.3 Å². The van der Waals surface area contributed by atoms with Crippen molar-refractivity contribution in [3.05, 3.63) is 69.0 Å². The molecule has 0 aliphatic rings. The maximum absolute atomic E-state index is 13.2. The molecule has 5 nitrogen and oxygen atoms in total. The molecule has 0 fully saturated rings. The van der Waals surface area contributed by atoms with Crippen molar-refractivity contribution < 1.29 is 9.31 Å². The topological polar surface area (TPSA) is 79.0 Å². The molecule has 0 saturated heterocycles. The van der Waals surface area contributed by atoms with Gasteiger partial charge in [0.15, 0.2) is 0 Å². The lowest BCUT2D eigenvalue weighted by Crippen LogP contribution is -2.01. The molecule has 1 N–H and O–H groups in total. The molecule has 0 saturated carbocycles. The van der Waals surface area contributed by atoms with Crippen molar-refractivity contribution in [1.82, 2.24) is 0 Å². The molecule has 0 aliphatic heterocycles. The first-order valence-corrected chi connectivity index (χ1v) is 6.18. The first kappa shape index (κ1) is 14.5. The number of halogens is 1. The molecular weight excluding hydrogens is 273 g/mol. The molecule has 6 heteroatoms. The number of rotatable bonds is 4. The van der Waals surface area contributed by atoms with Gasteiger partial charge in [-0.3, -0.25) is 10.1 Å². The van der Waals surface area contributed by atoms with Crippen molar-refractivity contribution in [3.8, 4) is 6.07 Å². The van der Waals surface area contributed by atoms with Crippen LogP contribution in [0.2, 0.25) is 0 Å². The summed E-state index contributed by atoms with van der Waals surface area (Å²) in [7, 11) is 0. The zero-order valence-electron chi connectivity index (χ0n) is 11.3. The van der Waals surface area contributed by atoms with E-state index in [0.29, 0.717) is 17.8 Å². The molecule has 2 aromatic carbocycles. The van der Waals surface area contributed by atoms with E-state index in [2.05, 4.69) is 5.32 Å². The molecule has 2 aromatic rings. The molecule has 21 heavy (non-hydrogen) atoms. The number of nitrogens with one attached hydrogen (secondary N) is 1. The lowest BCUT2D eigenvalue weighted by atomic mass is 10.1. The van der Waals surface area contributed by atoms with Gasteiger partial charge in [-0.05, 0) is 30.7 Å². The van der Waals surface area contributed by atoms with Gasteiger partial charge in [0.25, 0.3) is 5.69 Å². The third kappa shape index (κ3) is 3.34. The minimum Gasteiger partial charge on any atom is -0.381 e. The van der Waals surface area contributed by atoms with Crippen LogP contribution in [0.25, 0.3) is 0 Å². The fourth-order valence-electron chi connectivity index (χ4n) is 1.89. The Hall–Kier alpha value is -2.94. The standard InChI is InChI=1S/C15H12FN3O2/c1-10-2-4-13(7-15(10)19(20)21)18-9-11-3-5-14(16)12(6-11)8-17/h2-7,18H,9H2,1H3. The molecule has 0 atom stereocenters. The average molecular weight is 285 g/mol. The van der Waals surface area contributed by atoms with Crippen molar-refractivity contribution in [2.45, 2.75) is 13.5 Å². The number of nitro groups is 1. The summed E-state index contributed by atoms with van der Waals surface area (Å²) in [6.45, 7) is 2.01. The Labute approximate surface area is 120 Å². The zero-order chi connectivity index (χ0) is 15.4. The summed E-state index contributed by atoms with van der Waals surface area (Å²) in [5.41, 5.74) is 1.91. The molecule has 2 rings (SSSR count). The second kappa shape index (κ2) is 6.01. The molecule has 0 aromatic heterocycles. The summed E-state index contributed by atoms with van der Waals surface area (Å²) in [6.07, 6.45) is 0. The first-order chi connectivity index (χ1) is 10.0. The number of anilines is 1. The van der Waals surface area contributed by atoms with Crippen LogP contribution in [-0.2, 0) is 6.54 Å². The number of hydrogen-bond acceptors (Lipinski definition) is 4. The molecule has 0 aliphatic carbocycles. The number of nitriles is 1. The van der Waals surface area contributed by atoms with Gasteiger partial charge < -0.3 is 5.32 Å². The van der Waals surface area contributed by atoms with Gasteiger partial charge >= 0.3 is 0 Å². The van der Waals surface area contributed by atoms with E-state index in [0.717, 1.165) is 5.56 Å². The molecule has 0 bridgehead atoms. The minimum atomic E-state index is -0.563. The normalized spacial score (nSPS) is 9.95. The van der Waals surface area contributed by atoms with Crippen LogP contribution in [0.4, 0.5) is 15.8 Å². The maximum atomic E-state index is 13.2. The van der Waals surface area contributed by atoms with Crippen molar-refractivity contribution >= 4 is 11.4 Å². The largest absolute Gasteiger partial charge is 0.381 e. The van der Waals surface area contributed by atoms with Crippen LogP contribution in [0.15, 0.2) is 36.4 Å². The van der Waals surface area contributed by atoms with E-state index in [1.54, 1.807) is 31.2 Å². The van der Waals surface area contributed by atoms with Crippen LogP contribution < -0.4 is 5.32 Å². The predicted octanol–water partition coefficient (Wildman–Crippen LogP) is 3.53. The summed E-state index contributed by atoms with van der Waals surface area (Å²) >= 11 is 0. The smallest absolute Gasteiger partial charge is 0.274 e. The van der Waals surface area contributed by atoms with Gasteiger partial charge in [0.05, 0.1) is 10.5 Å². The van der Waals surface area contributed by atoms with Gasteiger partial charge in [-0.1, -0.05) is 12.1 Å². The van der Waals surface area contributed by atoms with Gasteiger partial charge in [0, 0.05) is 23.9 Å². The van der Waals surface area contributed by atoms with E-state index in [1.165, 1.54) is 18.2 Å². The van der Waals surface area contributed by atoms with Crippen LogP contribution in [0.3, 0.4) is 0 Å². The zero-order valence-corrected chi connectivity index (χ0v) is 11.3. The third-order valence-corrected chi connectivity index (χ3v) is 3.05. The van der Waals surface area contributed by atoms with E-state index < -0.39 is 10.7 Å². The second-order valence-electron chi connectivity index (χ2n) is 4.54. The molecule has 0 heterocycles. The lowest BCUT2D eigenvalue weighted by Gasteiger charge is -2.08. The highest BCUT2D eigenvalue weighted by atomic mass is 19.1. The Morgan fingerprint density at radius 1 is 1.33 bits per heavy atom. The monoisotopic (exact) mass is 285 g/mol. The average Bonchev–Trinajstić information content (AvgIpc) is 2.47. The van der Waals surface area contributed by atoms with E-state index in [4.69, 9.17) is 5.26 Å². The fourth-order valence-corrected chi connectivity index (χ4v) is 1.89. The maximum Gasteiger partial charge on any atom is 0.274 e. The lowest BCUT2D eigenvalue weighted by molar-refractivity contribution is -0.385. The number of hydrogen-bond donors (Lipinski definition) is 1. The Balaban J connectivity index is 2.15. The van der Waals surface area contributed by atoms with E-state index in [9.17, 15) is 14.5 Å². The molecule has 0 spiro atoms. The van der Waals surface area contributed by atoms with E-state index >= 15 is 0 Å². The van der Waals surface area contributed by atoms with Crippen molar-refractivity contribution in [2.75, 3.05) is 5.32 Å². The highest BCUT2D eigenvalue weighted by molar-refractivity contribution is 5.55. The highest BCUT2D eigenvalue weighted by Gasteiger charge is 2.11. The van der Waals surface area contributed by atoms with Gasteiger partial charge in [-0.15, -0.1) is 0 Å². The SMILES string of the molecule is Cc1ccc(NCc2ccc(F)c(C#N)c2)cc1[N+](=O)[O-]. The Bertz CT molecular complexity index is 738. The quantitative estimate of drug-likeness (QED) is 0.688. The van der Waals surface area contributed by atoms with Crippen LogP contribution in [-0.4, -0.2) is 4.92 Å². The summed E-state index contributed by atoms with van der Waals surface area (Å²) in [6, 6.07) is 10.9. The van der Waals surface area contributed by atoms with Crippen LogP contribution in [0.5, 0.6) is 0 Å². The van der Waals surface area contributed by atoms with Crippen LogP contribution >= 0.6 is 0 Å².